The Bertz CT molecular complexity index is 1150. The summed E-state index contributed by atoms with van der Waals surface area (Å²) in [5.41, 5.74) is 13.1. The van der Waals surface area contributed by atoms with Crippen LogP contribution in [-0.4, -0.2) is 4.99 Å². The number of ether oxygens (including phenoxy) is 1. The lowest BCUT2D eigenvalue weighted by atomic mass is 9.83. The van der Waals surface area contributed by atoms with Crippen LogP contribution in [0.15, 0.2) is 69.2 Å². The molecule has 26 heavy (non-hydrogen) atoms. The number of rotatable bonds is 2. The van der Waals surface area contributed by atoms with Gasteiger partial charge in [-0.3, -0.25) is 0 Å². The van der Waals surface area contributed by atoms with Crippen LogP contribution in [0.25, 0.3) is 11.0 Å². The molecule has 4 rings (SSSR count). The number of para-hydroxylation sites is 1. The van der Waals surface area contributed by atoms with Crippen LogP contribution in [0.4, 0.5) is 0 Å². The van der Waals surface area contributed by atoms with Crippen LogP contribution < -0.4 is 21.8 Å². The third kappa shape index (κ3) is 2.46. The van der Waals surface area contributed by atoms with Gasteiger partial charge in [0.1, 0.15) is 10.6 Å². The van der Waals surface area contributed by atoms with Gasteiger partial charge in [-0.25, -0.2) is 4.79 Å². The second-order valence-electron chi connectivity index (χ2n) is 5.83. The van der Waals surface area contributed by atoms with E-state index in [1.165, 1.54) is 0 Å². The normalized spacial score (nSPS) is 16.3. The van der Waals surface area contributed by atoms with E-state index in [-0.39, 0.29) is 16.4 Å². The molecule has 3 aromatic rings. The summed E-state index contributed by atoms with van der Waals surface area (Å²) in [5.74, 6) is -0.296. The van der Waals surface area contributed by atoms with E-state index in [0.29, 0.717) is 32.9 Å². The lowest BCUT2D eigenvalue weighted by Crippen LogP contribution is -2.32. The molecular weight excluding hydrogens is 372 g/mol. The molecule has 1 aromatic heterocycles. The van der Waals surface area contributed by atoms with Gasteiger partial charge in [-0.15, -0.1) is 0 Å². The number of hydrogen-bond donors (Lipinski definition) is 2. The Morgan fingerprint density at radius 1 is 1.12 bits per heavy atom. The molecule has 2 heterocycles. The fourth-order valence-corrected chi connectivity index (χ4v) is 3.69. The predicted octanol–water partition coefficient (Wildman–Crippen LogP) is 3.43. The van der Waals surface area contributed by atoms with Crippen molar-refractivity contribution >= 4 is 39.8 Å². The smallest absolute Gasteiger partial charge is 0.344 e. The summed E-state index contributed by atoms with van der Waals surface area (Å²) in [6.07, 6.45) is 0. The molecule has 0 fully saturated rings. The second-order valence-corrected chi connectivity index (χ2v) is 6.67. The maximum absolute atomic E-state index is 12.8. The monoisotopic (exact) mass is 384 g/mol. The first-order chi connectivity index (χ1) is 12.5. The van der Waals surface area contributed by atoms with Crippen LogP contribution in [-0.2, 0) is 0 Å². The maximum atomic E-state index is 12.8. The van der Waals surface area contributed by atoms with Gasteiger partial charge in [0, 0.05) is 5.02 Å². The standard InChI is InChI=1S/C19H13ClN2O3S/c20-11-7-3-1-5-9(11)13-14-16(25-17(21)15(13)18(22)26)10-6-2-4-8-12(10)24-19(14)23/h1-8,13H,21H2,(H2,22,26)/t13-/m0/s1. The highest BCUT2D eigenvalue weighted by Crippen LogP contribution is 2.45. The number of nitrogens with two attached hydrogens (primary N) is 2. The summed E-state index contributed by atoms with van der Waals surface area (Å²) >= 11 is 11.6. The highest BCUT2D eigenvalue weighted by molar-refractivity contribution is 7.80. The van der Waals surface area contributed by atoms with E-state index in [2.05, 4.69) is 0 Å². The molecule has 1 atom stereocenters. The van der Waals surface area contributed by atoms with Crippen LogP contribution in [0.3, 0.4) is 0 Å². The number of halogens is 1. The molecule has 5 nitrogen and oxygen atoms in total. The van der Waals surface area contributed by atoms with Crippen LogP contribution in [0, 0.1) is 0 Å². The topological polar surface area (TPSA) is 91.5 Å². The Morgan fingerprint density at radius 3 is 2.54 bits per heavy atom. The fraction of sp³-hybridized carbons (Fsp3) is 0.0526. The van der Waals surface area contributed by atoms with Crippen molar-refractivity contribution in [3.63, 3.8) is 0 Å². The molecular formula is C19H13ClN2O3S. The Balaban J connectivity index is 2.13. The summed E-state index contributed by atoms with van der Waals surface area (Å²) < 4.78 is 11.3. The molecule has 0 radical (unpaired) electrons. The molecule has 0 saturated heterocycles. The van der Waals surface area contributed by atoms with Gasteiger partial charge >= 0.3 is 5.63 Å². The summed E-state index contributed by atoms with van der Waals surface area (Å²) in [6, 6.07) is 14.2. The van der Waals surface area contributed by atoms with E-state index in [4.69, 9.17) is 44.4 Å². The van der Waals surface area contributed by atoms with Gasteiger partial charge < -0.3 is 20.6 Å². The largest absolute Gasteiger partial charge is 0.440 e. The highest BCUT2D eigenvalue weighted by atomic mass is 35.5. The molecule has 0 bridgehead atoms. The average Bonchev–Trinajstić information content (AvgIpc) is 2.61. The van der Waals surface area contributed by atoms with Crippen LogP contribution in [0.2, 0.25) is 5.02 Å². The van der Waals surface area contributed by atoms with Gasteiger partial charge in [-0.1, -0.05) is 54.2 Å². The van der Waals surface area contributed by atoms with Crippen molar-refractivity contribution in [2.24, 2.45) is 11.5 Å². The molecule has 1 aliphatic rings. The number of thiocarbonyl (C=S) groups is 1. The van der Waals surface area contributed by atoms with E-state index in [0.717, 1.165) is 0 Å². The first-order valence-corrected chi connectivity index (χ1v) is 8.55. The molecule has 7 heteroatoms. The lowest BCUT2D eigenvalue weighted by molar-refractivity contribution is 0.389. The van der Waals surface area contributed by atoms with Crippen molar-refractivity contribution in [1.29, 1.82) is 0 Å². The number of benzene rings is 2. The minimum absolute atomic E-state index is 0.0330. The van der Waals surface area contributed by atoms with Gasteiger partial charge in [0.2, 0.25) is 0 Å². The van der Waals surface area contributed by atoms with Crippen LogP contribution >= 0.6 is 23.8 Å². The molecule has 4 N–H and O–H groups in total. The molecule has 1 aliphatic heterocycles. The molecule has 0 saturated carbocycles. The number of fused-ring (bicyclic) bond motifs is 3. The molecule has 0 unspecified atom stereocenters. The van der Waals surface area contributed by atoms with Crippen molar-refractivity contribution < 1.29 is 9.15 Å². The zero-order valence-corrected chi connectivity index (χ0v) is 14.9. The molecule has 2 aromatic carbocycles. The summed E-state index contributed by atoms with van der Waals surface area (Å²) in [4.78, 5) is 12.8. The Labute approximate surface area is 158 Å². The second kappa shape index (κ2) is 6.16. The van der Waals surface area contributed by atoms with E-state index in [1.807, 2.05) is 12.1 Å². The van der Waals surface area contributed by atoms with Crippen molar-refractivity contribution in [3.8, 4) is 5.75 Å². The Morgan fingerprint density at radius 2 is 1.81 bits per heavy atom. The highest BCUT2D eigenvalue weighted by Gasteiger charge is 2.37. The van der Waals surface area contributed by atoms with Gasteiger partial charge in [0.05, 0.1) is 22.4 Å². The quantitative estimate of drug-likeness (QED) is 0.519. The van der Waals surface area contributed by atoms with Crippen LogP contribution in [0.5, 0.6) is 5.75 Å². The third-order valence-corrected chi connectivity index (χ3v) is 4.90. The van der Waals surface area contributed by atoms with E-state index in [1.54, 1.807) is 36.4 Å². The minimum Gasteiger partial charge on any atom is -0.440 e. The lowest BCUT2D eigenvalue weighted by Gasteiger charge is -2.29. The minimum atomic E-state index is -0.675. The van der Waals surface area contributed by atoms with Crippen molar-refractivity contribution in [2.45, 2.75) is 5.92 Å². The van der Waals surface area contributed by atoms with E-state index >= 15 is 0 Å². The van der Waals surface area contributed by atoms with Gasteiger partial charge in [-0.2, -0.15) is 0 Å². The van der Waals surface area contributed by atoms with E-state index in [9.17, 15) is 4.79 Å². The van der Waals surface area contributed by atoms with Crippen LogP contribution in [0.1, 0.15) is 17.0 Å². The van der Waals surface area contributed by atoms with Crippen molar-refractivity contribution in [3.05, 3.63) is 86.6 Å². The van der Waals surface area contributed by atoms with Gasteiger partial charge in [-0.05, 0) is 23.8 Å². The Kier molecular flexibility index (Phi) is 3.94. The average molecular weight is 385 g/mol. The first kappa shape index (κ1) is 16.6. The summed E-state index contributed by atoms with van der Waals surface area (Å²) in [5, 5.41) is 1.09. The van der Waals surface area contributed by atoms with Gasteiger partial charge in [0.25, 0.3) is 0 Å². The SMILES string of the molecule is NC(=S)C1=C(N)Oc2c(c(=O)oc3ccccc23)[C@@H]1c1ccccc1Cl. The zero-order valence-electron chi connectivity index (χ0n) is 13.4. The van der Waals surface area contributed by atoms with Gasteiger partial charge in [0.15, 0.2) is 11.6 Å². The molecule has 0 amide bonds. The Hall–Kier alpha value is -2.83. The van der Waals surface area contributed by atoms with E-state index < -0.39 is 11.5 Å². The summed E-state index contributed by atoms with van der Waals surface area (Å²) in [7, 11) is 0. The summed E-state index contributed by atoms with van der Waals surface area (Å²) in [6.45, 7) is 0. The van der Waals surface area contributed by atoms with Crippen molar-refractivity contribution in [2.75, 3.05) is 0 Å². The van der Waals surface area contributed by atoms with Crippen molar-refractivity contribution in [1.82, 2.24) is 0 Å². The maximum Gasteiger partial charge on any atom is 0.344 e. The first-order valence-electron chi connectivity index (χ1n) is 7.76. The molecule has 130 valence electrons. The fourth-order valence-electron chi connectivity index (χ4n) is 3.23. The third-order valence-electron chi connectivity index (χ3n) is 4.34. The zero-order chi connectivity index (χ0) is 18.4. The molecule has 0 spiro atoms. The molecule has 0 aliphatic carbocycles. The predicted molar refractivity (Wildman–Crippen MR) is 104 cm³/mol. The number of hydrogen-bond acceptors (Lipinski definition) is 5.